The van der Waals surface area contributed by atoms with E-state index in [1.807, 2.05) is 24.3 Å². The summed E-state index contributed by atoms with van der Waals surface area (Å²) in [7, 11) is 0. The van der Waals surface area contributed by atoms with Crippen LogP contribution >= 0.6 is 15.9 Å². The highest BCUT2D eigenvalue weighted by molar-refractivity contribution is 9.10. The number of nitrogens with one attached hydrogen (secondary N) is 1. The smallest absolute Gasteiger partial charge is 0.227 e. The number of nitrogens with zero attached hydrogens (tertiary/aromatic N) is 1. The highest BCUT2D eigenvalue weighted by Crippen LogP contribution is 2.28. The number of rotatable bonds is 3. The Balaban J connectivity index is 1.65. The fraction of sp³-hybridized carbons (Fsp3) is 0.500. The van der Waals surface area contributed by atoms with Crippen molar-refractivity contribution in [3.8, 4) is 0 Å². The molecule has 0 radical (unpaired) electrons. The molecule has 2 aliphatic rings. The summed E-state index contributed by atoms with van der Waals surface area (Å²) in [6.07, 6.45) is 4.84. The van der Waals surface area contributed by atoms with Crippen molar-refractivity contribution >= 4 is 33.4 Å². The molecule has 1 aliphatic carbocycles. The number of benzene rings is 1. The molecule has 112 valence electrons. The van der Waals surface area contributed by atoms with Gasteiger partial charge in [0.05, 0.1) is 5.92 Å². The van der Waals surface area contributed by atoms with Crippen molar-refractivity contribution in [3.63, 3.8) is 0 Å². The van der Waals surface area contributed by atoms with E-state index in [9.17, 15) is 9.59 Å². The summed E-state index contributed by atoms with van der Waals surface area (Å²) in [5.74, 6) is -0.162. The summed E-state index contributed by atoms with van der Waals surface area (Å²) in [6, 6.07) is 7.95. The Hall–Kier alpha value is -1.36. The average molecular weight is 351 g/mol. The van der Waals surface area contributed by atoms with Gasteiger partial charge >= 0.3 is 0 Å². The van der Waals surface area contributed by atoms with Crippen LogP contribution in [0.25, 0.3) is 0 Å². The minimum atomic E-state index is -0.225. The van der Waals surface area contributed by atoms with Gasteiger partial charge in [-0.15, -0.1) is 0 Å². The minimum Gasteiger partial charge on any atom is -0.353 e. The lowest BCUT2D eigenvalue weighted by Gasteiger charge is -2.18. The second kappa shape index (κ2) is 6.18. The molecule has 1 heterocycles. The molecule has 21 heavy (non-hydrogen) atoms. The summed E-state index contributed by atoms with van der Waals surface area (Å²) in [5.41, 5.74) is 0.852. The quantitative estimate of drug-likeness (QED) is 0.911. The monoisotopic (exact) mass is 350 g/mol. The molecule has 1 aromatic rings. The third-order valence-electron chi connectivity index (χ3n) is 4.32. The average Bonchev–Trinajstić information content (AvgIpc) is 3.08. The second-order valence-corrected chi connectivity index (χ2v) is 6.79. The number of hydrogen-bond acceptors (Lipinski definition) is 2. The molecule has 1 unspecified atom stereocenters. The lowest BCUT2D eigenvalue weighted by atomic mass is 10.1. The van der Waals surface area contributed by atoms with Gasteiger partial charge in [0, 0.05) is 29.2 Å². The summed E-state index contributed by atoms with van der Waals surface area (Å²) in [4.78, 5) is 26.2. The maximum Gasteiger partial charge on any atom is 0.227 e. The van der Waals surface area contributed by atoms with Crippen LogP contribution in [0.15, 0.2) is 28.7 Å². The molecule has 0 aromatic heterocycles. The van der Waals surface area contributed by atoms with Crippen LogP contribution in [0.1, 0.15) is 32.1 Å². The molecular formula is C16H19BrN2O2. The van der Waals surface area contributed by atoms with E-state index >= 15 is 0 Å². The SMILES string of the molecule is O=C(NC1CCCC1)C1CC(=O)N(c2cccc(Br)c2)C1. The fourth-order valence-corrected chi connectivity index (χ4v) is 3.55. The molecule has 1 saturated carbocycles. The highest BCUT2D eigenvalue weighted by Gasteiger charge is 2.36. The van der Waals surface area contributed by atoms with Crippen LogP contribution in [0.3, 0.4) is 0 Å². The number of carbonyl (C=O) groups is 2. The Morgan fingerprint density at radius 3 is 2.76 bits per heavy atom. The zero-order chi connectivity index (χ0) is 14.8. The first-order chi connectivity index (χ1) is 10.1. The van der Waals surface area contributed by atoms with Crippen LogP contribution in [0, 0.1) is 5.92 Å². The zero-order valence-electron chi connectivity index (χ0n) is 11.8. The molecule has 1 aromatic carbocycles. The van der Waals surface area contributed by atoms with Gasteiger partial charge in [-0.3, -0.25) is 9.59 Å². The molecular weight excluding hydrogens is 332 g/mol. The van der Waals surface area contributed by atoms with Gasteiger partial charge < -0.3 is 10.2 Å². The largest absolute Gasteiger partial charge is 0.353 e. The van der Waals surface area contributed by atoms with Gasteiger partial charge in [-0.05, 0) is 31.0 Å². The first-order valence-electron chi connectivity index (χ1n) is 7.50. The predicted molar refractivity (Wildman–Crippen MR) is 85.0 cm³/mol. The Kier molecular flexibility index (Phi) is 4.29. The summed E-state index contributed by atoms with van der Waals surface area (Å²) < 4.78 is 0.937. The molecule has 0 bridgehead atoms. The topological polar surface area (TPSA) is 49.4 Å². The van der Waals surface area contributed by atoms with Crippen LogP contribution in [0.5, 0.6) is 0 Å². The summed E-state index contributed by atoms with van der Waals surface area (Å²) >= 11 is 3.41. The highest BCUT2D eigenvalue weighted by atomic mass is 79.9. The van der Waals surface area contributed by atoms with Crippen molar-refractivity contribution in [2.24, 2.45) is 5.92 Å². The van der Waals surface area contributed by atoms with E-state index in [2.05, 4.69) is 21.2 Å². The van der Waals surface area contributed by atoms with Crippen LogP contribution < -0.4 is 10.2 Å². The lowest BCUT2D eigenvalue weighted by molar-refractivity contribution is -0.126. The number of hydrogen-bond donors (Lipinski definition) is 1. The molecule has 1 saturated heterocycles. The third-order valence-corrected chi connectivity index (χ3v) is 4.81. The Labute approximate surface area is 133 Å². The van der Waals surface area contributed by atoms with Gasteiger partial charge in [-0.25, -0.2) is 0 Å². The molecule has 5 heteroatoms. The van der Waals surface area contributed by atoms with Gasteiger partial charge in [0.25, 0.3) is 0 Å². The van der Waals surface area contributed by atoms with E-state index in [0.717, 1.165) is 23.0 Å². The first kappa shape index (κ1) is 14.6. The van der Waals surface area contributed by atoms with Crippen molar-refractivity contribution < 1.29 is 9.59 Å². The predicted octanol–water partition coefficient (Wildman–Crippen LogP) is 2.86. The Bertz CT molecular complexity index is 555. The molecule has 1 aliphatic heterocycles. The Morgan fingerprint density at radius 2 is 2.05 bits per heavy atom. The summed E-state index contributed by atoms with van der Waals surface area (Å²) in [5, 5.41) is 3.10. The molecule has 4 nitrogen and oxygen atoms in total. The zero-order valence-corrected chi connectivity index (χ0v) is 13.4. The summed E-state index contributed by atoms with van der Waals surface area (Å²) in [6.45, 7) is 0.480. The van der Waals surface area contributed by atoms with Gasteiger partial charge in [-0.1, -0.05) is 34.8 Å². The van der Waals surface area contributed by atoms with Crippen molar-refractivity contribution in [3.05, 3.63) is 28.7 Å². The number of anilines is 1. The van der Waals surface area contributed by atoms with E-state index < -0.39 is 0 Å². The molecule has 1 N–H and O–H groups in total. The van der Waals surface area contributed by atoms with Crippen molar-refractivity contribution in [1.29, 1.82) is 0 Å². The van der Waals surface area contributed by atoms with Gasteiger partial charge in [-0.2, -0.15) is 0 Å². The minimum absolute atomic E-state index is 0.0275. The Morgan fingerprint density at radius 1 is 1.29 bits per heavy atom. The molecule has 2 fully saturated rings. The molecule has 1 atom stereocenters. The third kappa shape index (κ3) is 3.28. The normalized spacial score (nSPS) is 22.8. The second-order valence-electron chi connectivity index (χ2n) is 5.88. The molecule has 0 spiro atoms. The van der Waals surface area contributed by atoms with E-state index in [4.69, 9.17) is 0 Å². The van der Waals surface area contributed by atoms with Crippen molar-refractivity contribution in [2.75, 3.05) is 11.4 Å². The maximum absolute atomic E-state index is 12.3. The van der Waals surface area contributed by atoms with E-state index in [0.29, 0.717) is 19.0 Å². The van der Waals surface area contributed by atoms with Gasteiger partial charge in [0.2, 0.25) is 11.8 Å². The number of carbonyl (C=O) groups excluding carboxylic acids is 2. The number of amides is 2. The van der Waals surface area contributed by atoms with E-state index in [-0.39, 0.29) is 17.7 Å². The van der Waals surface area contributed by atoms with E-state index in [1.165, 1.54) is 12.8 Å². The molecule has 3 rings (SSSR count). The van der Waals surface area contributed by atoms with Crippen LogP contribution in [0.4, 0.5) is 5.69 Å². The van der Waals surface area contributed by atoms with Crippen LogP contribution in [-0.4, -0.2) is 24.4 Å². The van der Waals surface area contributed by atoms with Gasteiger partial charge in [0.15, 0.2) is 0 Å². The lowest BCUT2D eigenvalue weighted by Crippen LogP contribution is -2.38. The van der Waals surface area contributed by atoms with E-state index in [1.54, 1.807) is 4.90 Å². The van der Waals surface area contributed by atoms with Crippen LogP contribution in [0.2, 0.25) is 0 Å². The molecule has 2 amide bonds. The van der Waals surface area contributed by atoms with Crippen LogP contribution in [-0.2, 0) is 9.59 Å². The maximum atomic E-state index is 12.3. The van der Waals surface area contributed by atoms with Crippen molar-refractivity contribution in [2.45, 2.75) is 38.1 Å². The number of halogens is 1. The van der Waals surface area contributed by atoms with Crippen molar-refractivity contribution in [1.82, 2.24) is 5.32 Å². The standard InChI is InChI=1S/C16H19BrN2O2/c17-12-4-3-7-14(9-12)19-10-11(8-15(19)20)16(21)18-13-5-1-2-6-13/h3-4,7,9,11,13H,1-2,5-6,8,10H2,(H,18,21). The fourth-order valence-electron chi connectivity index (χ4n) is 3.17. The first-order valence-corrected chi connectivity index (χ1v) is 8.29. The van der Waals surface area contributed by atoms with Gasteiger partial charge in [0.1, 0.15) is 0 Å².